The van der Waals surface area contributed by atoms with Crippen molar-refractivity contribution in [3.8, 4) is 12.1 Å². The molecule has 4 heteroatoms. The van der Waals surface area contributed by atoms with Crippen LogP contribution in [0.1, 0.15) is 44.9 Å². The number of hydrogen-bond donors (Lipinski definition) is 1. The molecule has 0 aliphatic rings. The molecule has 0 aliphatic carbocycles. The summed E-state index contributed by atoms with van der Waals surface area (Å²) in [6, 6.07) is 4.19. The first kappa shape index (κ1) is 16.3. The molecule has 0 unspecified atom stereocenters. The van der Waals surface area contributed by atoms with Gasteiger partial charge in [0, 0.05) is 6.54 Å². The second kappa shape index (κ2) is 13.4. The van der Waals surface area contributed by atoms with Crippen LogP contribution in [0.15, 0.2) is 0 Å². The fraction of sp³-hybridized carbons (Fsp3) is 0.846. The molecule has 3 nitrogen and oxygen atoms in total. The number of unbranched alkanes of at least 4 members (excludes halogenated alkanes) is 6. The van der Waals surface area contributed by atoms with Crippen molar-refractivity contribution in [2.75, 3.05) is 25.4 Å². The zero-order chi connectivity index (χ0) is 12.8. The van der Waals surface area contributed by atoms with E-state index in [4.69, 9.17) is 10.5 Å². The molecule has 0 fully saturated rings. The first-order valence-electron chi connectivity index (χ1n) is 6.42. The topological polar surface area (TPSA) is 50.8 Å². The summed E-state index contributed by atoms with van der Waals surface area (Å²) in [5.41, 5.74) is 0. The molecule has 0 N–H and O–H groups in total. The summed E-state index contributed by atoms with van der Waals surface area (Å²) in [5, 5.41) is 17.2. The number of hydrogen-bond acceptors (Lipinski definition) is 4. The van der Waals surface area contributed by atoms with Crippen LogP contribution < -0.4 is 0 Å². The first-order chi connectivity index (χ1) is 8.35. The summed E-state index contributed by atoms with van der Waals surface area (Å²) < 4.78 is 0. The Balaban J connectivity index is 3.31. The van der Waals surface area contributed by atoms with E-state index in [1.165, 1.54) is 38.5 Å². The van der Waals surface area contributed by atoms with E-state index >= 15 is 0 Å². The Morgan fingerprint density at radius 3 is 1.71 bits per heavy atom. The van der Waals surface area contributed by atoms with E-state index < -0.39 is 0 Å². The van der Waals surface area contributed by atoms with Gasteiger partial charge in [0.05, 0.1) is 25.2 Å². The van der Waals surface area contributed by atoms with Gasteiger partial charge < -0.3 is 0 Å². The summed E-state index contributed by atoms with van der Waals surface area (Å²) in [7, 11) is 0. The van der Waals surface area contributed by atoms with Crippen molar-refractivity contribution in [2.24, 2.45) is 0 Å². The molecule has 0 heterocycles. The average molecular weight is 253 g/mol. The normalized spacial score (nSPS) is 10.1. The molecule has 0 saturated heterocycles. The van der Waals surface area contributed by atoms with E-state index in [0.29, 0.717) is 13.1 Å². The molecule has 0 aliphatic heterocycles. The Hall–Kier alpha value is -0.710. The van der Waals surface area contributed by atoms with Crippen LogP contribution in [0.25, 0.3) is 0 Å². The van der Waals surface area contributed by atoms with Gasteiger partial charge in [-0.25, -0.2) is 0 Å². The summed E-state index contributed by atoms with van der Waals surface area (Å²) in [4.78, 5) is 1.90. The highest BCUT2D eigenvalue weighted by Gasteiger charge is 2.02. The van der Waals surface area contributed by atoms with E-state index in [-0.39, 0.29) is 0 Å². The number of thiol groups is 1. The van der Waals surface area contributed by atoms with Crippen molar-refractivity contribution >= 4 is 12.6 Å². The molecule has 0 radical (unpaired) electrons. The Kier molecular flexibility index (Phi) is 12.8. The zero-order valence-electron chi connectivity index (χ0n) is 10.6. The molecule has 96 valence electrons. The molecular formula is C13H23N3S. The minimum atomic E-state index is 0.371. The van der Waals surface area contributed by atoms with Crippen molar-refractivity contribution in [1.29, 1.82) is 10.5 Å². The Morgan fingerprint density at radius 2 is 1.24 bits per heavy atom. The SMILES string of the molecule is N#CCN(CC#N)CCCCCCCCCS. The highest BCUT2D eigenvalue weighted by Crippen LogP contribution is 2.08. The lowest BCUT2D eigenvalue weighted by atomic mass is 10.1. The van der Waals surface area contributed by atoms with Crippen molar-refractivity contribution in [3.63, 3.8) is 0 Å². The van der Waals surface area contributed by atoms with Crippen LogP contribution in [0, 0.1) is 22.7 Å². The summed E-state index contributed by atoms with van der Waals surface area (Å²) in [5.74, 6) is 0.997. The van der Waals surface area contributed by atoms with Crippen LogP contribution in [-0.4, -0.2) is 30.3 Å². The molecule has 0 saturated carbocycles. The van der Waals surface area contributed by atoms with Crippen molar-refractivity contribution < 1.29 is 0 Å². The molecular weight excluding hydrogens is 230 g/mol. The maximum atomic E-state index is 8.58. The zero-order valence-corrected chi connectivity index (χ0v) is 11.5. The Labute approximate surface area is 111 Å². The number of nitrogens with zero attached hydrogens (tertiary/aromatic N) is 3. The quantitative estimate of drug-likeness (QED) is 0.350. The molecule has 0 rings (SSSR count). The van der Waals surface area contributed by atoms with Gasteiger partial charge in [-0.05, 0) is 18.6 Å². The molecule has 0 aromatic rings. The van der Waals surface area contributed by atoms with Gasteiger partial charge in [0.1, 0.15) is 0 Å². The van der Waals surface area contributed by atoms with Crippen LogP contribution in [-0.2, 0) is 0 Å². The third-order valence-corrected chi connectivity index (χ3v) is 3.04. The van der Waals surface area contributed by atoms with Crippen LogP contribution in [0.2, 0.25) is 0 Å². The lowest BCUT2D eigenvalue weighted by Crippen LogP contribution is -2.25. The fourth-order valence-corrected chi connectivity index (χ4v) is 1.97. The van der Waals surface area contributed by atoms with E-state index in [2.05, 4.69) is 24.8 Å². The lowest BCUT2D eigenvalue weighted by molar-refractivity contribution is 0.330. The molecule has 0 bridgehead atoms. The van der Waals surface area contributed by atoms with Gasteiger partial charge >= 0.3 is 0 Å². The van der Waals surface area contributed by atoms with Gasteiger partial charge in [0.25, 0.3) is 0 Å². The van der Waals surface area contributed by atoms with Gasteiger partial charge in [-0.3, -0.25) is 4.90 Å². The maximum Gasteiger partial charge on any atom is 0.0874 e. The van der Waals surface area contributed by atoms with E-state index in [1.807, 2.05) is 4.90 Å². The Morgan fingerprint density at radius 1 is 0.765 bits per heavy atom. The third-order valence-electron chi connectivity index (χ3n) is 2.72. The minimum absolute atomic E-state index is 0.371. The first-order valence-corrected chi connectivity index (χ1v) is 7.05. The predicted octanol–water partition coefficient (Wildman–Crippen LogP) is 3.00. The van der Waals surface area contributed by atoms with Crippen LogP contribution in [0.5, 0.6) is 0 Å². The molecule has 0 aromatic heterocycles. The molecule has 0 amide bonds. The minimum Gasteiger partial charge on any atom is -0.277 e. The largest absolute Gasteiger partial charge is 0.277 e. The molecule has 0 aromatic carbocycles. The van der Waals surface area contributed by atoms with Crippen molar-refractivity contribution in [3.05, 3.63) is 0 Å². The monoisotopic (exact) mass is 253 g/mol. The van der Waals surface area contributed by atoms with Gasteiger partial charge in [0.15, 0.2) is 0 Å². The summed E-state index contributed by atoms with van der Waals surface area (Å²) in [6.45, 7) is 1.61. The second-order valence-corrected chi connectivity index (χ2v) is 4.67. The van der Waals surface area contributed by atoms with E-state index in [0.717, 1.165) is 18.7 Å². The van der Waals surface area contributed by atoms with Gasteiger partial charge in [-0.1, -0.05) is 32.1 Å². The number of nitriles is 2. The Bertz CT molecular complexity index is 226. The second-order valence-electron chi connectivity index (χ2n) is 4.23. The van der Waals surface area contributed by atoms with Crippen molar-refractivity contribution in [1.82, 2.24) is 4.90 Å². The van der Waals surface area contributed by atoms with Crippen LogP contribution in [0.4, 0.5) is 0 Å². The van der Waals surface area contributed by atoms with E-state index in [9.17, 15) is 0 Å². The van der Waals surface area contributed by atoms with Gasteiger partial charge in [-0.15, -0.1) is 0 Å². The fourth-order valence-electron chi connectivity index (χ4n) is 1.75. The summed E-state index contributed by atoms with van der Waals surface area (Å²) >= 11 is 4.18. The van der Waals surface area contributed by atoms with Crippen LogP contribution in [0.3, 0.4) is 0 Å². The standard InChI is InChI=1S/C13H23N3S/c14-8-11-16(12-9-15)10-6-4-2-1-3-5-7-13-17/h17H,1-7,10-13H2. The highest BCUT2D eigenvalue weighted by molar-refractivity contribution is 7.80. The smallest absolute Gasteiger partial charge is 0.0874 e. The van der Waals surface area contributed by atoms with Gasteiger partial charge in [-0.2, -0.15) is 23.2 Å². The molecule has 0 spiro atoms. The summed E-state index contributed by atoms with van der Waals surface area (Å²) in [6.07, 6.45) is 8.67. The van der Waals surface area contributed by atoms with E-state index in [1.54, 1.807) is 0 Å². The average Bonchev–Trinajstić information content (AvgIpc) is 2.33. The lowest BCUT2D eigenvalue weighted by Gasteiger charge is -2.14. The van der Waals surface area contributed by atoms with Crippen molar-refractivity contribution in [2.45, 2.75) is 44.9 Å². The van der Waals surface area contributed by atoms with Crippen LogP contribution >= 0.6 is 12.6 Å². The molecule has 17 heavy (non-hydrogen) atoms. The highest BCUT2D eigenvalue weighted by atomic mass is 32.1. The number of rotatable bonds is 11. The maximum absolute atomic E-state index is 8.58. The van der Waals surface area contributed by atoms with Gasteiger partial charge in [0.2, 0.25) is 0 Å². The molecule has 0 atom stereocenters. The predicted molar refractivity (Wildman–Crippen MR) is 73.8 cm³/mol. The third kappa shape index (κ3) is 11.6.